The summed E-state index contributed by atoms with van der Waals surface area (Å²) >= 11 is 0. The van der Waals surface area contributed by atoms with Crippen molar-refractivity contribution in [2.45, 2.75) is 45.4 Å². The molecular weight excluding hydrogens is 259 g/mol. The van der Waals surface area contributed by atoms with E-state index in [1.807, 2.05) is 13.0 Å². The second kappa shape index (κ2) is 6.70. The highest BCUT2D eigenvalue weighted by atomic mass is 19.1. The van der Waals surface area contributed by atoms with Crippen LogP contribution in [-0.4, -0.2) is 24.6 Å². The van der Waals surface area contributed by atoms with Gasteiger partial charge in [0.2, 0.25) is 0 Å². The van der Waals surface area contributed by atoms with Crippen LogP contribution in [0.5, 0.6) is 5.75 Å². The fourth-order valence-corrected chi connectivity index (χ4v) is 1.91. The quantitative estimate of drug-likeness (QED) is 0.803. The second-order valence-corrected chi connectivity index (χ2v) is 5.04. The summed E-state index contributed by atoms with van der Waals surface area (Å²) in [4.78, 5) is 11.7. The molecule has 0 aliphatic heterocycles. The third-order valence-corrected chi connectivity index (χ3v) is 3.22. The molecule has 1 aliphatic rings. The number of hydrogen-bond acceptors (Lipinski definition) is 3. The maximum absolute atomic E-state index is 13.9. The maximum Gasteiger partial charge on any atom is 0.260 e. The Hall–Kier alpha value is -1.62. The summed E-state index contributed by atoms with van der Waals surface area (Å²) in [6.07, 6.45) is 1.62. The number of nitrogens with one attached hydrogen (secondary N) is 2. The SMILES string of the molecule is CCNC(=O)C(C)Oc1c(F)cccc1CNC1CC1. The van der Waals surface area contributed by atoms with Crippen LogP contribution in [0, 0.1) is 5.82 Å². The molecule has 2 N–H and O–H groups in total. The van der Waals surface area contributed by atoms with Gasteiger partial charge in [-0.05, 0) is 32.8 Å². The van der Waals surface area contributed by atoms with Crippen LogP contribution >= 0.6 is 0 Å². The zero-order chi connectivity index (χ0) is 14.5. The van der Waals surface area contributed by atoms with Crippen molar-refractivity contribution in [1.82, 2.24) is 10.6 Å². The molecule has 1 aromatic carbocycles. The minimum atomic E-state index is -0.716. The summed E-state index contributed by atoms with van der Waals surface area (Å²) in [5.41, 5.74) is 0.744. The molecule has 1 atom stereocenters. The van der Waals surface area contributed by atoms with Crippen molar-refractivity contribution in [3.05, 3.63) is 29.6 Å². The Bertz CT molecular complexity index is 475. The van der Waals surface area contributed by atoms with Gasteiger partial charge in [-0.15, -0.1) is 0 Å². The topological polar surface area (TPSA) is 50.4 Å². The summed E-state index contributed by atoms with van der Waals surface area (Å²) in [6, 6.07) is 5.36. The van der Waals surface area contributed by atoms with E-state index < -0.39 is 11.9 Å². The molecule has 110 valence electrons. The van der Waals surface area contributed by atoms with Gasteiger partial charge in [0.05, 0.1) is 0 Å². The van der Waals surface area contributed by atoms with E-state index in [0.717, 1.165) is 5.56 Å². The minimum absolute atomic E-state index is 0.166. The Labute approximate surface area is 118 Å². The van der Waals surface area contributed by atoms with Crippen molar-refractivity contribution in [3.8, 4) is 5.75 Å². The van der Waals surface area contributed by atoms with Crippen molar-refractivity contribution >= 4 is 5.91 Å². The number of halogens is 1. The summed E-state index contributed by atoms with van der Waals surface area (Å²) in [5, 5.41) is 5.98. The van der Waals surface area contributed by atoms with Crippen molar-refractivity contribution in [3.63, 3.8) is 0 Å². The zero-order valence-electron chi connectivity index (χ0n) is 11.9. The van der Waals surface area contributed by atoms with Crippen LogP contribution < -0.4 is 15.4 Å². The molecule has 1 aliphatic carbocycles. The lowest BCUT2D eigenvalue weighted by atomic mass is 10.2. The Balaban J connectivity index is 2.05. The van der Waals surface area contributed by atoms with E-state index in [1.165, 1.54) is 18.9 Å². The molecule has 0 heterocycles. The van der Waals surface area contributed by atoms with Gasteiger partial charge in [0, 0.05) is 24.7 Å². The molecule has 1 saturated carbocycles. The van der Waals surface area contributed by atoms with Gasteiger partial charge in [0.15, 0.2) is 17.7 Å². The molecule has 1 amide bonds. The van der Waals surface area contributed by atoms with Crippen LogP contribution in [-0.2, 0) is 11.3 Å². The highest BCUT2D eigenvalue weighted by Crippen LogP contribution is 2.26. The standard InChI is InChI=1S/C15H21FN2O2/c1-3-17-15(19)10(2)20-14-11(5-4-6-13(14)16)9-18-12-7-8-12/h4-6,10,12,18H,3,7-9H2,1-2H3,(H,17,19). The second-order valence-electron chi connectivity index (χ2n) is 5.04. The Morgan fingerprint density at radius 2 is 2.25 bits per heavy atom. The molecule has 0 bridgehead atoms. The number of rotatable bonds is 7. The van der Waals surface area contributed by atoms with Crippen molar-refractivity contribution in [1.29, 1.82) is 0 Å². The monoisotopic (exact) mass is 280 g/mol. The van der Waals surface area contributed by atoms with E-state index in [-0.39, 0.29) is 11.7 Å². The van der Waals surface area contributed by atoms with Gasteiger partial charge in [-0.2, -0.15) is 0 Å². The zero-order valence-corrected chi connectivity index (χ0v) is 11.9. The lowest BCUT2D eigenvalue weighted by molar-refractivity contribution is -0.127. The number of hydrogen-bond donors (Lipinski definition) is 2. The molecular formula is C15H21FN2O2. The fraction of sp³-hybridized carbons (Fsp3) is 0.533. The van der Waals surface area contributed by atoms with Crippen molar-refractivity contribution < 1.29 is 13.9 Å². The third kappa shape index (κ3) is 3.93. The number of ether oxygens (including phenoxy) is 1. The van der Waals surface area contributed by atoms with Gasteiger partial charge >= 0.3 is 0 Å². The lowest BCUT2D eigenvalue weighted by Crippen LogP contribution is -2.36. The molecule has 1 aromatic rings. The van der Waals surface area contributed by atoms with Gasteiger partial charge in [-0.25, -0.2) is 4.39 Å². The first-order valence-electron chi connectivity index (χ1n) is 7.07. The van der Waals surface area contributed by atoms with E-state index in [1.54, 1.807) is 13.0 Å². The highest BCUT2D eigenvalue weighted by Gasteiger charge is 2.22. The lowest BCUT2D eigenvalue weighted by Gasteiger charge is -2.17. The average Bonchev–Trinajstić information content (AvgIpc) is 3.23. The Morgan fingerprint density at radius 3 is 2.90 bits per heavy atom. The number of para-hydroxylation sites is 1. The smallest absolute Gasteiger partial charge is 0.260 e. The first-order valence-corrected chi connectivity index (χ1v) is 7.07. The molecule has 0 spiro atoms. The largest absolute Gasteiger partial charge is 0.477 e. The first-order chi connectivity index (χ1) is 9.61. The van der Waals surface area contributed by atoms with Gasteiger partial charge in [-0.3, -0.25) is 4.79 Å². The minimum Gasteiger partial charge on any atom is -0.477 e. The van der Waals surface area contributed by atoms with Gasteiger partial charge in [0.1, 0.15) is 0 Å². The number of carbonyl (C=O) groups is 1. The number of amides is 1. The Morgan fingerprint density at radius 1 is 1.50 bits per heavy atom. The van der Waals surface area contributed by atoms with E-state index in [0.29, 0.717) is 19.1 Å². The number of benzene rings is 1. The summed E-state index contributed by atoms with van der Waals surface area (Å²) in [6.45, 7) is 4.54. The van der Waals surface area contributed by atoms with E-state index in [4.69, 9.17) is 4.74 Å². The molecule has 0 saturated heterocycles. The normalized spacial score (nSPS) is 15.8. The molecule has 1 unspecified atom stereocenters. The number of likely N-dealkylation sites (N-methyl/N-ethyl adjacent to an activating group) is 1. The molecule has 0 radical (unpaired) electrons. The average molecular weight is 280 g/mol. The molecule has 20 heavy (non-hydrogen) atoms. The van der Waals surface area contributed by atoms with Crippen molar-refractivity contribution in [2.24, 2.45) is 0 Å². The molecule has 5 heteroatoms. The Kier molecular flexibility index (Phi) is 4.95. The van der Waals surface area contributed by atoms with Crippen molar-refractivity contribution in [2.75, 3.05) is 6.54 Å². The summed E-state index contributed by atoms with van der Waals surface area (Å²) in [7, 11) is 0. The predicted octanol–water partition coefficient (Wildman–Crippen LogP) is 1.98. The molecule has 0 aromatic heterocycles. The van der Waals surface area contributed by atoms with Crippen LogP contribution in [0.1, 0.15) is 32.3 Å². The van der Waals surface area contributed by atoms with Crippen LogP contribution in [0.2, 0.25) is 0 Å². The number of carbonyl (C=O) groups excluding carboxylic acids is 1. The molecule has 1 fully saturated rings. The molecule has 4 nitrogen and oxygen atoms in total. The van der Waals surface area contributed by atoms with E-state index in [9.17, 15) is 9.18 Å². The third-order valence-electron chi connectivity index (χ3n) is 3.22. The van der Waals surface area contributed by atoms with Crippen LogP contribution in [0.15, 0.2) is 18.2 Å². The predicted molar refractivity (Wildman–Crippen MR) is 75.0 cm³/mol. The van der Waals surface area contributed by atoms with Gasteiger partial charge in [-0.1, -0.05) is 12.1 Å². The summed E-state index contributed by atoms with van der Waals surface area (Å²) < 4.78 is 19.4. The molecule has 2 rings (SSSR count). The van der Waals surface area contributed by atoms with E-state index in [2.05, 4.69) is 10.6 Å². The van der Waals surface area contributed by atoms with Gasteiger partial charge in [0.25, 0.3) is 5.91 Å². The summed E-state index contributed by atoms with van der Waals surface area (Å²) in [5.74, 6) is -0.507. The first kappa shape index (κ1) is 14.8. The van der Waals surface area contributed by atoms with Crippen LogP contribution in [0.3, 0.4) is 0 Å². The fourth-order valence-electron chi connectivity index (χ4n) is 1.91. The van der Waals surface area contributed by atoms with Crippen LogP contribution in [0.25, 0.3) is 0 Å². The van der Waals surface area contributed by atoms with E-state index >= 15 is 0 Å². The highest BCUT2D eigenvalue weighted by molar-refractivity contribution is 5.80. The maximum atomic E-state index is 13.9. The van der Waals surface area contributed by atoms with Gasteiger partial charge < -0.3 is 15.4 Å². The van der Waals surface area contributed by atoms with Crippen LogP contribution in [0.4, 0.5) is 4.39 Å².